The number of nitriles is 1. The first kappa shape index (κ1) is 32.6. The molecule has 0 N–H and O–H groups in total. The van der Waals surface area contributed by atoms with Crippen LogP contribution in [-0.2, 0) is 26.0 Å². The van der Waals surface area contributed by atoms with Gasteiger partial charge in [-0.25, -0.2) is 23.4 Å². The predicted molar refractivity (Wildman–Crippen MR) is 163 cm³/mol. The van der Waals surface area contributed by atoms with Gasteiger partial charge in [-0.15, -0.1) is 11.3 Å². The van der Waals surface area contributed by atoms with E-state index in [9.17, 15) is 8.96 Å². The van der Waals surface area contributed by atoms with Crippen LogP contribution in [0.1, 0.15) is 70.5 Å². The molecule has 0 radical (unpaired) electrons. The molecule has 4 rings (SSSR count). The smallest absolute Gasteiger partial charge is 0.215 e. The lowest BCUT2D eigenvalue weighted by Gasteiger charge is -2.42. The van der Waals surface area contributed by atoms with Crippen LogP contribution in [-0.4, -0.2) is 36.9 Å². The zero-order valence-electron chi connectivity index (χ0n) is 25.3. The largest absolute Gasteiger partial charge is 0.341 e. The normalized spacial score (nSPS) is 14.7. The molecular weight excluding hydrogens is 591 g/mol. The van der Waals surface area contributed by atoms with Crippen molar-refractivity contribution in [1.82, 2.24) is 19.7 Å². The Morgan fingerprint density at radius 3 is 2.30 bits per heavy atom. The fourth-order valence-electron chi connectivity index (χ4n) is 5.22. The summed E-state index contributed by atoms with van der Waals surface area (Å²) in [5.41, 5.74) is 0.543. The zero-order valence-corrected chi connectivity index (χ0v) is 27.0. The lowest BCUT2D eigenvalue weighted by atomic mass is 9.81. The van der Waals surface area contributed by atoms with Gasteiger partial charge in [0.25, 0.3) is 0 Å². The van der Waals surface area contributed by atoms with Crippen molar-refractivity contribution in [3.63, 3.8) is 0 Å². The highest BCUT2D eigenvalue weighted by atomic mass is 32.1. The average molecular weight is 628 g/mol. The maximum atomic E-state index is 15.7. The maximum Gasteiger partial charge on any atom is 0.215 e. The summed E-state index contributed by atoms with van der Waals surface area (Å²) in [6.45, 7) is 12.5. The maximum absolute atomic E-state index is 15.7. The molecule has 0 amide bonds. The fourth-order valence-corrected chi connectivity index (χ4v) is 9.18. The molecule has 2 heterocycles. The van der Waals surface area contributed by atoms with Gasteiger partial charge in [0.05, 0.1) is 28.9 Å². The van der Waals surface area contributed by atoms with E-state index in [1.165, 1.54) is 40.8 Å². The second-order valence-corrected chi connectivity index (χ2v) is 17.3. The number of thiazole rings is 1. The summed E-state index contributed by atoms with van der Waals surface area (Å²) in [5, 5.41) is 14.5. The number of aromatic nitrogens is 4. The summed E-state index contributed by atoms with van der Waals surface area (Å²) >= 11 is 1.36. The third-order valence-electron chi connectivity index (χ3n) is 7.47. The monoisotopic (exact) mass is 627 g/mol. The van der Waals surface area contributed by atoms with Gasteiger partial charge in [0.1, 0.15) is 29.9 Å². The molecule has 0 aliphatic carbocycles. The van der Waals surface area contributed by atoms with Crippen molar-refractivity contribution in [3.05, 3.63) is 88.3 Å². The van der Waals surface area contributed by atoms with Gasteiger partial charge < -0.3 is 9.26 Å². The molecule has 228 valence electrons. The van der Waals surface area contributed by atoms with E-state index in [4.69, 9.17) is 19.5 Å². The topological polar surface area (TPSA) is 103 Å². The molecule has 43 heavy (non-hydrogen) atoms. The quantitative estimate of drug-likeness (QED) is 0.129. The van der Waals surface area contributed by atoms with Crippen molar-refractivity contribution >= 4 is 18.7 Å². The minimum atomic E-state index is -3.35. The molecule has 0 aliphatic rings. The number of ether oxygens (including phenoxy) is 1. The third kappa shape index (κ3) is 6.63. The zero-order chi connectivity index (χ0) is 31.6. The molecule has 0 bridgehead atoms. The molecule has 0 fully saturated rings. The molecule has 0 aliphatic heterocycles. The van der Waals surface area contributed by atoms with Crippen LogP contribution in [0.3, 0.4) is 0 Å². The van der Waals surface area contributed by atoms with E-state index < -0.39 is 47.6 Å². The third-order valence-corrected chi connectivity index (χ3v) is 12.5. The standard InChI is InChI=1S/C31H36F2N5O3PS/c1-21(28-37-27(16-43-28)23-10-8-22(15-34)9-11-23)31(17-38-19-35-18-36-38,25-13-12-24(32)14-26(25)33)40-20-41-42(39,29(2,3)4)30(5,6)7/h8-14,16,18-19,21H,17,20H2,1-7H3/t21-,31+/m0/s1. The summed E-state index contributed by atoms with van der Waals surface area (Å²) in [6.07, 6.45) is 2.83. The Kier molecular flexibility index (Phi) is 9.38. The second kappa shape index (κ2) is 12.4. The predicted octanol–water partition coefficient (Wildman–Crippen LogP) is 8.12. The van der Waals surface area contributed by atoms with E-state index >= 15 is 4.39 Å². The number of nitrogens with zero attached hydrogens (tertiary/aromatic N) is 5. The summed E-state index contributed by atoms with van der Waals surface area (Å²) in [6, 6.07) is 12.5. The summed E-state index contributed by atoms with van der Waals surface area (Å²) in [7, 11) is -3.35. The summed E-state index contributed by atoms with van der Waals surface area (Å²) in [5.74, 6) is -2.17. The lowest BCUT2D eigenvalue weighted by molar-refractivity contribution is -0.136. The average Bonchev–Trinajstić information content (AvgIpc) is 3.63. The van der Waals surface area contributed by atoms with Gasteiger partial charge >= 0.3 is 0 Å². The van der Waals surface area contributed by atoms with Gasteiger partial charge in [-0.2, -0.15) is 10.4 Å². The number of hydrogen-bond acceptors (Lipinski definition) is 8. The van der Waals surface area contributed by atoms with Gasteiger partial charge in [-0.05, 0) is 18.2 Å². The van der Waals surface area contributed by atoms with Crippen molar-refractivity contribution in [2.24, 2.45) is 0 Å². The van der Waals surface area contributed by atoms with Crippen LogP contribution in [0.2, 0.25) is 0 Å². The summed E-state index contributed by atoms with van der Waals surface area (Å²) < 4.78 is 58.3. The molecule has 0 unspecified atom stereocenters. The van der Waals surface area contributed by atoms with Gasteiger partial charge in [-0.3, -0.25) is 4.57 Å². The number of halogens is 2. The number of benzene rings is 2. The molecule has 12 heteroatoms. The van der Waals surface area contributed by atoms with Crippen molar-refractivity contribution in [3.8, 4) is 17.3 Å². The van der Waals surface area contributed by atoms with E-state index in [-0.39, 0.29) is 12.1 Å². The van der Waals surface area contributed by atoms with Crippen LogP contribution in [0.4, 0.5) is 8.78 Å². The van der Waals surface area contributed by atoms with Crippen LogP contribution in [0.15, 0.2) is 60.5 Å². The van der Waals surface area contributed by atoms with E-state index in [1.807, 2.05) is 66.0 Å². The second-order valence-electron chi connectivity index (χ2n) is 12.4. The van der Waals surface area contributed by atoms with Crippen molar-refractivity contribution in [1.29, 1.82) is 5.26 Å². The fraction of sp³-hybridized carbons (Fsp3) is 0.419. The van der Waals surface area contributed by atoms with Crippen molar-refractivity contribution in [2.75, 3.05) is 6.79 Å². The molecule has 4 aromatic rings. The number of hydrogen-bond donors (Lipinski definition) is 0. The Labute approximate surface area is 255 Å². The van der Waals surface area contributed by atoms with Crippen molar-refractivity contribution in [2.45, 2.75) is 76.8 Å². The highest BCUT2D eigenvalue weighted by molar-refractivity contribution is 7.62. The van der Waals surface area contributed by atoms with E-state index in [0.717, 1.165) is 11.6 Å². The van der Waals surface area contributed by atoms with E-state index in [0.29, 0.717) is 16.3 Å². The van der Waals surface area contributed by atoms with Gasteiger partial charge in [-0.1, -0.05) is 66.7 Å². The minimum absolute atomic E-state index is 0.0266. The van der Waals surface area contributed by atoms with Gasteiger partial charge in [0.2, 0.25) is 7.37 Å². The van der Waals surface area contributed by atoms with Crippen molar-refractivity contribution < 1.29 is 22.6 Å². The Hall–Kier alpha value is -3.29. The van der Waals surface area contributed by atoms with Crippen LogP contribution in [0.25, 0.3) is 11.3 Å². The van der Waals surface area contributed by atoms with E-state index in [2.05, 4.69) is 16.2 Å². The Morgan fingerprint density at radius 2 is 1.74 bits per heavy atom. The Bertz CT molecular complexity index is 1620. The van der Waals surface area contributed by atoms with Gasteiger partial charge in [0, 0.05) is 38.8 Å². The molecule has 0 saturated heterocycles. The molecule has 0 spiro atoms. The van der Waals surface area contributed by atoms with Crippen LogP contribution in [0.5, 0.6) is 0 Å². The highest BCUT2D eigenvalue weighted by Crippen LogP contribution is 2.67. The first-order chi connectivity index (χ1) is 20.1. The SMILES string of the molecule is C[C@@H](c1nc(-c2ccc(C#N)cc2)cs1)[C@@](Cn1cncn1)(OCOP(=O)(C(C)(C)C)C(C)(C)C)c1ccc(F)cc1F. The molecule has 2 aromatic heterocycles. The highest BCUT2D eigenvalue weighted by Gasteiger charge is 2.50. The van der Waals surface area contributed by atoms with Gasteiger partial charge in [0.15, 0.2) is 6.79 Å². The first-order valence-electron chi connectivity index (χ1n) is 13.7. The van der Waals surface area contributed by atoms with Crippen LogP contribution < -0.4 is 0 Å². The molecule has 0 saturated carbocycles. The summed E-state index contributed by atoms with van der Waals surface area (Å²) in [4.78, 5) is 8.90. The lowest BCUT2D eigenvalue weighted by Crippen LogP contribution is -2.42. The molecular formula is C31H36F2N5O3PS. The first-order valence-corrected chi connectivity index (χ1v) is 16.2. The Balaban J connectivity index is 1.82. The van der Waals surface area contributed by atoms with E-state index in [1.54, 1.807) is 12.1 Å². The minimum Gasteiger partial charge on any atom is -0.341 e. The molecule has 2 aromatic carbocycles. The van der Waals surface area contributed by atoms with Crippen LogP contribution >= 0.6 is 18.7 Å². The number of rotatable bonds is 10. The Morgan fingerprint density at radius 1 is 1.07 bits per heavy atom. The molecule has 2 atom stereocenters. The van der Waals surface area contributed by atoms with Crippen LogP contribution in [0, 0.1) is 23.0 Å². The molecule has 8 nitrogen and oxygen atoms in total.